The molecule has 2 amide bonds. The van der Waals surface area contributed by atoms with Crippen molar-refractivity contribution >= 4 is 23.2 Å². The summed E-state index contributed by atoms with van der Waals surface area (Å²) in [6, 6.07) is 15.4. The molecule has 3 rings (SSSR count). The maximum absolute atomic E-state index is 12.4. The molecule has 25 heavy (non-hydrogen) atoms. The molecule has 2 aromatic carbocycles. The number of rotatable bonds is 4. The van der Waals surface area contributed by atoms with Crippen molar-refractivity contribution in [2.45, 2.75) is 18.9 Å². The number of nitriles is 1. The van der Waals surface area contributed by atoms with Crippen molar-refractivity contribution in [3.8, 4) is 6.07 Å². The Labute approximate surface area is 145 Å². The zero-order valence-corrected chi connectivity index (χ0v) is 13.5. The van der Waals surface area contributed by atoms with Gasteiger partial charge in [-0.2, -0.15) is 5.26 Å². The van der Waals surface area contributed by atoms with Crippen LogP contribution in [0, 0.1) is 11.3 Å². The van der Waals surface area contributed by atoms with Crippen LogP contribution in [0.15, 0.2) is 48.5 Å². The molecular weight excluding hydrogens is 318 g/mol. The second kappa shape index (κ2) is 7.60. The number of carbonyl (C=O) groups is 2. The van der Waals surface area contributed by atoms with Gasteiger partial charge in [-0.25, -0.2) is 0 Å². The summed E-state index contributed by atoms with van der Waals surface area (Å²) in [5.74, 6) is -0.514. The standard InChI is InChI=1S/C19H17N3O3/c20-12-13-4-1-6-15(10-13)21-18(23)14-5-2-7-16(11-14)22-19(24)17-8-3-9-25-17/h1-2,4-7,10-11,17H,3,8-9H2,(H,21,23)(H,22,24). The Kier molecular flexibility index (Phi) is 5.07. The minimum Gasteiger partial charge on any atom is -0.368 e. The summed E-state index contributed by atoms with van der Waals surface area (Å²) in [6.07, 6.45) is 1.16. The van der Waals surface area contributed by atoms with Crippen molar-refractivity contribution in [2.75, 3.05) is 17.2 Å². The minimum absolute atomic E-state index is 0.197. The highest BCUT2D eigenvalue weighted by molar-refractivity contribution is 6.05. The molecular formula is C19H17N3O3. The number of benzene rings is 2. The van der Waals surface area contributed by atoms with Gasteiger partial charge in [0.15, 0.2) is 0 Å². The predicted octanol–water partition coefficient (Wildman–Crippen LogP) is 2.93. The molecule has 6 heteroatoms. The van der Waals surface area contributed by atoms with Gasteiger partial charge in [0.1, 0.15) is 6.10 Å². The van der Waals surface area contributed by atoms with E-state index >= 15 is 0 Å². The monoisotopic (exact) mass is 335 g/mol. The first-order chi connectivity index (χ1) is 12.2. The molecule has 1 aliphatic rings. The summed E-state index contributed by atoms with van der Waals surface area (Å²) in [6.45, 7) is 0.599. The number of carbonyl (C=O) groups excluding carboxylic acids is 2. The Hall–Kier alpha value is -3.17. The van der Waals surface area contributed by atoms with E-state index in [1.54, 1.807) is 48.5 Å². The molecule has 1 saturated heterocycles. The number of hydrogen-bond donors (Lipinski definition) is 2. The molecule has 6 nitrogen and oxygen atoms in total. The van der Waals surface area contributed by atoms with Crippen molar-refractivity contribution in [1.82, 2.24) is 0 Å². The molecule has 0 spiro atoms. The summed E-state index contributed by atoms with van der Waals surface area (Å²) in [5, 5.41) is 14.4. The Bertz CT molecular complexity index is 836. The maximum Gasteiger partial charge on any atom is 0.255 e. The van der Waals surface area contributed by atoms with Crippen molar-refractivity contribution in [1.29, 1.82) is 5.26 Å². The Morgan fingerprint density at radius 2 is 1.84 bits per heavy atom. The molecule has 1 aliphatic heterocycles. The highest BCUT2D eigenvalue weighted by atomic mass is 16.5. The third-order valence-corrected chi connectivity index (χ3v) is 3.86. The van der Waals surface area contributed by atoms with Gasteiger partial charge >= 0.3 is 0 Å². The third kappa shape index (κ3) is 4.22. The van der Waals surface area contributed by atoms with Gasteiger partial charge in [-0.15, -0.1) is 0 Å². The third-order valence-electron chi connectivity index (χ3n) is 3.86. The predicted molar refractivity (Wildman–Crippen MR) is 93.2 cm³/mol. The maximum atomic E-state index is 12.4. The van der Waals surface area contributed by atoms with Crippen molar-refractivity contribution in [2.24, 2.45) is 0 Å². The highest BCUT2D eigenvalue weighted by Gasteiger charge is 2.23. The van der Waals surface area contributed by atoms with Crippen LogP contribution in [-0.2, 0) is 9.53 Å². The van der Waals surface area contributed by atoms with Gasteiger partial charge in [-0.1, -0.05) is 12.1 Å². The van der Waals surface area contributed by atoms with Gasteiger partial charge in [0.25, 0.3) is 11.8 Å². The fraction of sp³-hybridized carbons (Fsp3) is 0.211. The summed E-state index contributed by atoms with van der Waals surface area (Å²) >= 11 is 0. The van der Waals surface area contributed by atoms with Crippen LogP contribution >= 0.6 is 0 Å². The zero-order chi connectivity index (χ0) is 17.6. The summed E-state index contributed by atoms with van der Waals surface area (Å²) < 4.78 is 5.35. The van der Waals surface area contributed by atoms with Crippen LogP contribution in [0.3, 0.4) is 0 Å². The fourth-order valence-corrected chi connectivity index (χ4v) is 2.62. The van der Waals surface area contributed by atoms with E-state index in [1.165, 1.54) is 0 Å². The Balaban J connectivity index is 1.68. The Morgan fingerprint density at radius 3 is 2.56 bits per heavy atom. The topological polar surface area (TPSA) is 91.2 Å². The van der Waals surface area contributed by atoms with Crippen molar-refractivity contribution in [3.63, 3.8) is 0 Å². The van der Waals surface area contributed by atoms with Gasteiger partial charge in [0.05, 0.1) is 11.6 Å². The summed E-state index contributed by atoms with van der Waals surface area (Å²) in [4.78, 5) is 24.5. The van der Waals surface area contributed by atoms with Crippen molar-refractivity contribution in [3.05, 3.63) is 59.7 Å². The number of anilines is 2. The van der Waals surface area contributed by atoms with E-state index in [2.05, 4.69) is 10.6 Å². The lowest BCUT2D eigenvalue weighted by Gasteiger charge is -2.11. The van der Waals surface area contributed by atoms with Crippen LogP contribution in [0.25, 0.3) is 0 Å². The lowest BCUT2D eigenvalue weighted by molar-refractivity contribution is -0.124. The average molecular weight is 335 g/mol. The van der Waals surface area contributed by atoms with Gasteiger partial charge in [0, 0.05) is 23.5 Å². The first-order valence-corrected chi connectivity index (χ1v) is 8.00. The number of hydrogen-bond acceptors (Lipinski definition) is 4. The van der Waals surface area contributed by atoms with Gasteiger partial charge in [0.2, 0.25) is 0 Å². The first-order valence-electron chi connectivity index (χ1n) is 8.00. The smallest absolute Gasteiger partial charge is 0.255 e. The van der Waals surface area contributed by atoms with Crippen LogP contribution in [0.2, 0.25) is 0 Å². The molecule has 0 saturated carbocycles. The summed E-state index contributed by atoms with van der Waals surface area (Å²) in [7, 11) is 0. The normalized spacial score (nSPS) is 16.0. The molecule has 1 heterocycles. The molecule has 2 aromatic rings. The second-order valence-electron chi connectivity index (χ2n) is 5.72. The van der Waals surface area contributed by atoms with Crippen molar-refractivity contribution < 1.29 is 14.3 Å². The lowest BCUT2D eigenvalue weighted by Crippen LogP contribution is -2.27. The molecule has 0 aromatic heterocycles. The largest absolute Gasteiger partial charge is 0.368 e. The molecule has 1 unspecified atom stereocenters. The van der Waals surface area contributed by atoms with E-state index in [-0.39, 0.29) is 11.8 Å². The van der Waals surface area contributed by atoms with E-state index in [9.17, 15) is 9.59 Å². The number of ether oxygens (including phenoxy) is 1. The van der Waals surface area contributed by atoms with Crippen LogP contribution in [-0.4, -0.2) is 24.5 Å². The van der Waals surface area contributed by atoms with Gasteiger partial charge < -0.3 is 15.4 Å². The van der Waals surface area contributed by atoms with E-state index in [1.807, 2.05) is 6.07 Å². The van der Waals surface area contributed by atoms with Gasteiger partial charge in [-0.05, 0) is 49.2 Å². The minimum atomic E-state index is -0.425. The molecule has 126 valence electrons. The van der Waals surface area contributed by atoms with Crippen LogP contribution in [0.1, 0.15) is 28.8 Å². The zero-order valence-electron chi connectivity index (χ0n) is 13.5. The van der Waals surface area contributed by atoms with E-state index in [4.69, 9.17) is 10.00 Å². The highest BCUT2D eigenvalue weighted by Crippen LogP contribution is 2.17. The Morgan fingerprint density at radius 1 is 1.08 bits per heavy atom. The van der Waals surface area contributed by atoms with Crippen LogP contribution in [0.4, 0.5) is 11.4 Å². The fourth-order valence-electron chi connectivity index (χ4n) is 2.62. The first kappa shape index (κ1) is 16.7. The molecule has 0 aliphatic carbocycles. The molecule has 0 bridgehead atoms. The summed E-state index contributed by atoms with van der Waals surface area (Å²) in [5.41, 5.74) is 1.96. The quantitative estimate of drug-likeness (QED) is 0.899. The molecule has 2 N–H and O–H groups in total. The average Bonchev–Trinajstić information content (AvgIpc) is 3.17. The molecule has 1 atom stereocenters. The molecule has 0 radical (unpaired) electrons. The number of nitrogens with one attached hydrogen (secondary N) is 2. The van der Waals surface area contributed by atoms with Crippen LogP contribution < -0.4 is 10.6 Å². The number of amides is 2. The van der Waals surface area contributed by atoms with E-state index in [0.29, 0.717) is 35.5 Å². The SMILES string of the molecule is N#Cc1cccc(NC(=O)c2cccc(NC(=O)C3CCCO3)c2)c1. The van der Waals surface area contributed by atoms with E-state index < -0.39 is 6.10 Å². The number of nitrogens with zero attached hydrogens (tertiary/aromatic N) is 1. The lowest BCUT2D eigenvalue weighted by atomic mass is 10.1. The van der Waals surface area contributed by atoms with E-state index in [0.717, 1.165) is 6.42 Å². The van der Waals surface area contributed by atoms with Crippen LogP contribution in [0.5, 0.6) is 0 Å². The molecule has 1 fully saturated rings. The van der Waals surface area contributed by atoms with Gasteiger partial charge in [-0.3, -0.25) is 9.59 Å². The second-order valence-corrected chi connectivity index (χ2v) is 5.72.